The zero-order valence-corrected chi connectivity index (χ0v) is 14.0. The second-order valence-electron chi connectivity index (χ2n) is 6.21. The fraction of sp³-hybridized carbons (Fsp3) is 0.533. The molecule has 1 aromatic carbocycles. The van der Waals surface area contributed by atoms with Gasteiger partial charge in [-0.15, -0.1) is 0 Å². The molecule has 5 nitrogen and oxygen atoms in total. The highest BCUT2D eigenvalue weighted by atomic mass is 32.2. The molecule has 1 aromatic rings. The van der Waals surface area contributed by atoms with Gasteiger partial charge in [0.15, 0.2) is 0 Å². The van der Waals surface area contributed by atoms with Crippen molar-refractivity contribution in [3.8, 4) is 0 Å². The third kappa shape index (κ3) is 4.54. The highest BCUT2D eigenvalue weighted by molar-refractivity contribution is 7.89. The van der Waals surface area contributed by atoms with E-state index >= 15 is 0 Å². The maximum Gasteiger partial charge on any atom is 0.304 e. The number of hydrogen-bond donors (Lipinski definition) is 2. The van der Waals surface area contributed by atoms with Crippen molar-refractivity contribution < 1.29 is 18.3 Å². The average molecular weight is 313 g/mol. The molecule has 0 radical (unpaired) electrons. The molecule has 0 saturated carbocycles. The summed E-state index contributed by atoms with van der Waals surface area (Å²) in [5.74, 6) is -1.03. The van der Waals surface area contributed by atoms with Gasteiger partial charge in [0, 0.05) is 6.54 Å². The molecule has 0 amide bonds. The first kappa shape index (κ1) is 17.7. The number of sulfonamides is 1. The van der Waals surface area contributed by atoms with E-state index in [4.69, 9.17) is 5.11 Å². The van der Waals surface area contributed by atoms with E-state index in [-0.39, 0.29) is 23.3 Å². The lowest BCUT2D eigenvalue weighted by molar-refractivity contribution is -0.136. The van der Waals surface area contributed by atoms with E-state index in [2.05, 4.69) is 4.72 Å². The molecule has 0 unspecified atom stereocenters. The minimum absolute atomic E-state index is 0.115. The van der Waals surface area contributed by atoms with Gasteiger partial charge in [-0.1, -0.05) is 26.8 Å². The standard InChI is InChI=1S/C15H23NO4S/c1-10-8-12(15(3,4)5)9-13(11(10)2)21(19,20)16-7-6-14(17)18/h8-9,16H,6-7H2,1-5H3,(H,17,18). The van der Waals surface area contributed by atoms with Crippen LogP contribution in [0.1, 0.15) is 43.9 Å². The second-order valence-corrected chi connectivity index (χ2v) is 7.94. The quantitative estimate of drug-likeness (QED) is 0.874. The summed E-state index contributed by atoms with van der Waals surface area (Å²) in [5.41, 5.74) is 2.36. The molecule has 0 spiro atoms. The highest BCUT2D eigenvalue weighted by Crippen LogP contribution is 2.28. The van der Waals surface area contributed by atoms with E-state index in [1.807, 2.05) is 33.8 Å². The molecule has 0 aromatic heterocycles. The molecule has 0 aliphatic heterocycles. The first-order valence-electron chi connectivity index (χ1n) is 6.78. The number of hydrogen-bond acceptors (Lipinski definition) is 3. The van der Waals surface area contributed by atoms with Crippen LogP contribution in [0.25, 0.3) is 0 Å². The van der Waals surface area contributed by atoms with Crippen LogP contribution in [0.5, 0.6) is 0 Å². The summed E-state index contributed by atoms with van der Waals surface area (Å²) < 4.78 is 27.1. The molecule has 1 rings (SSSR count). The smallest absolute Gasteiger partial charge is 0.304 e. The number of carboxylic acid groups (broad SMARTS) is 1. The van der Waals surface area contributed by atoms with Crippen molar-refractivity contribution in [1.82, 2.24) is 4.72 Å². The molecule has 0 aliphatic rings. The number of rotatable bonds is 5. The third-order valence-corrected chi connectivity index (χ3v) is 4.99. The lowest BCUT2D eigenvalue weighted by atomic mass is 9.85. The van der Waals surface area contributed by atoms with Gasteiger partial charge in [0.25, 0.3) is 0 Å². The van der Waals surface area contributed by atoms with Gasteiger partial charge in [-0.05, 0) is 42.0 Å². The van der Waals surface area contributed by atoms with E-state index in [1.54, 1.807) is 13.0 Å². The van der Waals surface area contributed by atoms with Gasteiger partial charge in [-0.25, -0.2) is 13.1 Å². The molecule has 0 aliphatic carbocycles. The fourth-order valence-corrected chi connectivity index (χ4v) is 3.28. The Kier molecular flexibility index (Phi) is 5.17. The topological polar surface area (TPSA) is 83.5 Å². The molecule has 0 atom stereocenters. The Hall–Kier alpha value is -1.40. The molecular weight excluding hydrogens is 290 g/mol. The molecule has 0 saturated heterocycles. The molecule has 0 heterocycles. The predicted octanol–water partition coefficient (Wildman–Crippen LogP) is 2.35. The second kappa shape index (κ2) is 6.15. The van der Waals surface area contributed by atoms with Gasteiger partial charge < -0.3 is 5.11 Å². The van der Waals surface area contributed by atoms with E-state index in [0.717, 1.165) is 11.1 Å². The number of nitrogens with one attached hydrogen (secondary N) is 1. The van der Waals surface area contributed by atoms with Crippen molar-refractivity contribution >= 4 is 16.0 Å². The van der Waals surface area contributed by atoms with Crippen molar-refractivity contribution in [2.75, 3.05) is 6.54 Å². The number of carboxylic acids is 1. The highest BCUT2D eigenvalue weighted by Gasteiger charge is 2.22. The van der Waals surface area contributed by atoms with Crippen LogP contribution in [0.4, 0.5) is 0 Å². The van der Waals surface area contributed by atoms with Crippen LogP contribution in [-0.4, -0.2) is 26.0 Å². The van der Waals surface area contributed by atoms with E-state index < -0.39 is 16.0 Å². The first-order valence-corrected chi connectivity index (χ1v) is 8.26. The summed E-state index contributed by atoms with van der Waals surface area (Å²) in [5, 5.41) is 8.60. The Morgan fingerprint density at radius 2 is 1.81 bits per heavy atom. The number of carbonyl (C=O) groups is 1. The Morgan fingerprint density at radius 1 is 1.24 bits per heavy atom. The van der Waals surface area contributed by atoms with Crippen LogP contribution in [0.3, 0.4) is 0 Å². The van der Waals surface area contributed by atoms with Gasteiger partial charge in [0.2, 0.25) is 10.0 Å². The summed E-state index contributed by atoms with van der Waals surface area (Å²) >= 11 is 0. The van der Waals surface area contributed by atoms with Crippen LogP contribution in [0.2, 0.25) is 0 Å². The minimum atomic E-state index is -3.71. The molecule has 118 valence electrons. The van der Waals surface area contributed by atoms with Crippen molar-refractivity contribution in [2.45, 2.75) is 51.3 Å². The van der Waals surface area contributed by atoms with Gasteiger partial charge in [0.1, 0.15) is 0 Å². The van der Waals surface area contributed by atoms with Crippen molar-refractivity contribution in [3.63, 3.8) is 0 Å². The van der Waals surface area contributed by atoms with Gasteiger partial charge in [-0.2, -0.15) is 0 Å². The van der Waals surface area contributed by atoms with Gasteiger partial charge in [0.05, 0.1) is 11.3 Å². The zero-order valence-electron chi connectivity index (χ0n) is 13.1. The summed E-state index contributed by atoms with van der Waals surface area (Å²) in [6, 6.07) is 3.66. The van der Waals surface area contributed by atoms with Crippen LogP contribution < -0.4 is 4.72 Å². The fourth-order valence-electron chi connectivity index (χ4n) is 1.91. The van der Waals surface area contributed by atoms with Crippen LogP contribution in [-0.2, 0) is 20.2 Å². The Labute approximate surface area is 126 Å². The van der Waals surface area contributed by atoms with E-state index in [1.165, 1.54) is 0 Å². The Bertz CT molecular complexity index is 642. The van der Waals surface area contributed by atoms with Crippen LogP contribution in [0, 0.1) is 13.8 Å². The number of aryl methyl sites for hydroxylation is 1. The lowest BCUT2D eigenvalue weighted by Crippen LogP contribution is -2.27. The Morgan fingerprint density at radius 3 is 2.29 bits per heavy atom. The SMILES string of the molecule is Cc1cc(C(C)(C)C)cc(S(=O)(=O)NCCC(=O)O)c1C. The number of benzene rings is 1. The zero-order chi connectivity index (χ0) is 16.4. The lowest BCUT2D eigenvalue weighted by Gasteiger charge is -2.22. The number of aliphatic carboxylic acids is 1. The molecule has 21 heavy (non-hydrogen) atoms. The molecule has 2 N–H and O–H groups in total. The van der Waals surface area contributed by atoms with Gasteiger partial charge >= 0.3 is 5.97 Å². The maximum atomic E-state index is 12.4. The third-order valence-electron chi connectivity index (χ3n) is 3.41. The molecule has 6 heteroatoms. The first-order chi connectivity index (χ1) is 9.45. The Balaban J connectivity index is 3.22. The summed E-state index contributed by atoms with van der Waals surface area (Å²) in [6.07, 6.45) is -0.240. The van der Waals surface area contributed by atoms with Crippen LogP contribution >= 0.6 is 0 Å². The van der Waals surface area contributed by atoms with Crippen molar-refractivity contribution in [3.05, 3.63) is 28.8 Å². The maximum absolute atomic E-state index is 12.4. The van der Waals surface area contributed by atoms with Gasteiger partial charge in [-0.3, -0.25) is 4.79 Å². The minimum Gasteiger partial charge on any atom is -0.481 e. The van der Waals surface area contributed by atoms with Crippen molar-refractivity contribution in [2.24, 2.45) is 0 Å². The van der Waals surface area contributed by atoms with Crippen molar-refractivity contribution in [1.29, 1.82) is 0 Å². The largest absolute Gasteiger partial charge is 0.481 e. The monoisotopic (exact) mass is 313 g/mol. The summed E-state index contributed by atoms with van der Waals surface area (Å²) in [4.78, 5) is 10.7. The average Bonchev–Trinajstić information content (AvgIpc) is 2.29. The van der Waals surface area contributed by atoms with E-state index in [0.29, 0.717) is 5.56 Å². The summed E-state index contributed by atoms with van der Waals surface area (Å²) in [7, 11) is -3.71. The molecule has 0 fully saturated rings. The molecule has 0 bridgehead atoms. The normalized spacial score (nSPS) is 12.4. The van der Waals surface area contributed by atoms with Crippen LogP contribution in [0.15, 0.2) is 17.0 Å². The predicted molar refractivity (Wildman–Crippen MR) is 82.1 cm³/mol. The van der Waals surface area contributed by atoms with E-state index in [9.17, 15) is 13.2 Å². The molecular formula is C15H23NO4S. The summed E-state index contributed by atoms with van der Waals surface area (Å²) in [6.45, 7) is 9.58.